The van der Waals surface area contributed by atoms with Crippen molar-refractivity contribution in [3.8, 4) is 0 Å². The molecular formula is C20H25N3O3. The molecule has 1 saturated heterocycles. The first-order valence-electron chi connectivity index (χ1n) is 9.11. The molecule has 0 aromatic heterocycles. The number of imide groups is 1. The first kappa shape index (κ1) is 18.2. The van der Waals surface area contributed by atoms with Gasteiger partial charge in [-0.3, -0.25) is 19.3 Å². The second-order valence-electron chi connectivity index (χ2n) is 6.88. The lowest BCUT2D eigenvalue weighted by molar-refractivity contribution is -0.143. The molecule has 2 aliphatic rings. The number of amides is 3. The van der Waals surface area contributed by atoms with Gasteiger partial charge in [0.2, 0.25) is 17.7 Å². The van der Waals surface area contributed by atoms with Crippen molar-refractivity contribution in [1.82, 2.24) is 10.2 Å². The Hall–Kier alpha value is -2.63. The van der Waals surface area contributed by atoms with Crippen LogP contribution in [0.15, 0.2) is 42.5 Å². The Bertz CT molecular complexity index is 676. The molecule has 3 amide bonds. The summed E-state index contributed by atoms with van der Waals surface area (Å²) in [4.78, 5) is 40.1. The highest BCUT2D eigenvalue weighted by atomic mass is 16.2. The van der Waals surface area contributed by atoms with Gasteiger partial charge in [0, 0.05) is 25.8 Å². The number of hydrogen-bond donors (Lipinski definition) is 1. The van der Waals surface area contributed by atoms with Gasteiger partial charge in [0.15, 0.2) is 0 Å². The van der Waals surface area contributed by atoms with Crippen molar-refractivity contribution in [1.29, 1.82) is 0 Å². The second-order valence-corrected chi connectivity index (χ2v) is 6.88. The maximum atomic E-state index is 12.3. The third-order valence-corrected chi connectivity index (χ3v) is 5.09. The van der Waals surface area contributed by atoms with E-state index in [1.807, 2.05) is 49.5 Å². The van der Waals surface area contributed by atoms with Gasteiger partial charge in [-0.05, 0) is 31.4 Å². The molecule has 1 aromatic carbocycles. The van der Waals surface area contributed by atoms with Crippen molar-refractivity contribution < 1.29 is 14.4 Å². The number of hydrogen-bond acceptors (Lipinski definition) is 4. The van der Waals surface area contributed by atoms with Gasteiger partial charge in [-0.1, -0.05) is 30.4 Å². The quantitative estimate of drug-likeness (QED) is 0.458. The summed E-state index contributed by atoms with van der Waals surface area (Å²) in [6.45, 7) is 1.15. The van der Waals surface area contributed by atoms with E-state index in [-0.39, 0.29) is 36.1 Å². The molecule has 0 saturated carbocycles. The zero-order chi connectivity index (χ0) is 18.5. The monoisotopic (exact) mass is 355 g/mol. The number of likely N-dealkylation sites (tertiary alicyclic amines) is 1. The van der Waals surface area contributed by atoms with Crippen LogP contribution in [0.2, 0.25) is 0 Å². The molecule has 1 aliphatic heterocycles. The molecule has 1 aromatic rings. The standard InChI is InChI=1S/C20H25N3O3/c1-22(15-8-3-2-4-9-15)13-7-12-21-18(24)14-23-19(25)16-10-5-6-11-17(16)20(23)26/h2-6,8-9,16-17H,7,10-14H2,1H3,(H,21,24)/t16-,17-/m1/s1. The highest BCUT2D eigenvalue weighted by Gasteiger charge is 2.47. The minimum absolute atomic E-state index is 0.167. The predicted molar refractivity (Wildman–Crippen MR) is 99.4 cm³/mol. The fraction of sp³-hybridized carbons (Fsp3) is 0.450. The van der Waals surface area contributed by atoms with Gasteiger partial charge < -0.3 is 10.2 Å². The van der Waals surface area contributed by atoms with E-state index in [4.69, 9.17) is 0 Å². The van der Waals surface area contributed by atoms with E-state index in [1.54, 1.807) is 0 Å². The average Bonchev–Trinajstić information content (AvgIpc) is 2.91. The number of nitrogens with one attached hydrogen (secondary N) is 1. The fourth-order valence-corrected chi connectivity index (χ4v) is 3.58. The van der Waals surface area contributed by atoms with Crippen LogP contribution in [0.3, 0.4) is 0 Å². The van der Waals surface area contributed by atoms with Crippen molar-refractivity contribution in [2.45, 2.75) is 19.3 Å². The maximum Gasteiger partial charge on any atom is 0.240 e. The Morgan fingerprint density at radius 3 is 2.35 bits per heavy atom. The molecule has 1 aliphatic carbocycles. The van der Waals surface area contributed by atoms with Crippen LogP contribution < -0.4 is 10.2 Å². The summed E-state index contributed by atoms with van der Waals surface area (Å²) in [6.07, 6.45) is 5.87. The maximum absolute atomic E-state index is 12.3. The van der Waals surface area contributed by atoms with Crippen molar-refractivity contribution in [3.05, 3.63) is 42.5 Å². The molecule has 0 radical (unpaired) electrons. The number of benzene rings is 1. The molecule has 0 unspecified atom stereocenters. The highest BCUT2D eigenvalue weighted by molar-refractivity contribution is 6.07. The van der Waals surface area contributed by atoms with Crippen molar-refractivity contribution in [2.24, 2.45) is 11.8 Å². The fourth-order valence-electron chi connectivity index (χ4n) is 3.58. The van der Waals surface area contributed by atoms with Crippen LogP contribution in [0.1, 0.15) is 19.3 Å². The minimum Gasteiger partial charge on any atom is -0.375 e. The van der Waals surface area contributed by atoms with E-state index in [0.717, 1.165) is 23.6 Å². The topological polar surface area (TPSA) is 69.7 Å². The van der Waals surface area contributed by atoms with Crippen LogP contribution in [0.5, 0.6) is 0 Å². The van der Waals surface area contributed by atoms with Gasteiger partial charge in [-0.15, -0.1) is 0 Å². The summed E-state index contributed by atoms with van der Waals surface area (Å²) in [6, 6.07) is 10.0. The third-order valence-electron chi connectivity index (χ3n) is 5.09. The molecule has 6 heteroatoms. The molecule has 138 valence electrons. The summed E-state index contributed by atoms with van der Waals surface area (Å²) < 4.78 is 0. The predicted octanol–water partition coefficient (Wildman–Crippen LogP) is 1.58. The number of fused-ring (bicyclic) bond motifs is 1. The average molecular weight is 355 g/mol. The summed E-state index contributed by atoms with van der Waals surface area (Å²) >= 11 is 0. The zero-order valence-electron chi connectivity index (χ0n) is 15.1. The minimum atomic E-state index is -0.278. The van der Waals surface area contributed by atoms with E-state index in [1.165, 1.54) is 0 Å². The summed E-state index contributed by atoms with van der Waals surface area (Å²) in [5.41, 5.74) is 1.13. The summed E-state index contributed by atoms with van der Waals surface area (Å²) in [7, 11) is 2.01. The number of anilines is 1. The van der Waals surface area contributed by atoms with Crippen LogP contribution in [0.4, 0.5) is 5.69 Å². The summed E-state index contributed by atoms with van der Waals surface area (Å²) in [5.74, 6) is -1.24. The zero-order valence-corrected chi connectivity index (χ0v) is 15.1. The van der Waals surface area contributed by atoms with E-state index in [2.05, 4.69) is 10.2 Å². The molecule has 26 heavy (non-hydrogen) atoms. The molecule has 2 atom stereocenters. The molecule has 3 rings (SSSR count). The van der Waals surface area contributed by atoms with E-state index >= 15 is 0 Å². The molecule has 1 heterocycles. The molecule has 1 fully saturated rings. The second kappa shape index (κ2) is 8.17. The van der Waals surface area contributed by atoms with Crippen LogP contribution >= 0.6 is 0 Å². The summed E-state index contributed by atoms with van der Waals surface area (Å²) in [5, 5.41) is 2.81. The molecule has 0 spiro atoms. The Morgan fingerprint density at radius 1 is 1.12 bits per heavy atom. The van der Waals surface area contributed by atoms with Gasteiger partial charge in [-0.25, -0.2) is 0 Å². The van der Waals surface area contributed by atoms with Crippen molar-refractivity contribution in [2.75, 3.05) is 31.6 Å². The number of para-hydroxylation sites is 1. The Kier molecular flexibility index (Phi) is 5.71. The number of allylic oxidation sites excluding steroid dienone is 2. The molecular weight excluding hydrogens is 330 g/mol. The Labute approximate surface area is 153 Å². The van der Waals surface area contributed by atoms with E-state index in [0.29, 0.717) is 19.4 Å². The number of carbonyl (C=O) groups is 3. The molecule has 0 bridgehead atoms. The van der Waals surface area contributed by atoms with E-state index in [9.17, 15) is 14.4 Å². The number of nitrogens with zero attached hydrogens (tertiary/aromatic N) is 2. The first-order valence-corrected chi connectivity index (χ1v) is 9.11. The van der Waals surface area contributed by atoms with Gasteiger partial charge in [0.05, 0.1) is 11.8 Å². The van der Waals surface area contributed by atoms with Gasteiger partial charge >= 0.3 is 0 Å². The SMILES string of the molecule is CN(CCCNC(=O)CN1C(=O)[C@@H]2CC=CC[C@H]2C1=O)c1ccccc1. The molecule has 6 nitrogen and oxygen atoms in total. The number of rotatable bonds is 7. The Balaban J connectivity index is 1.41. The smallest absolute Gasteiger partial charge is 0.240 e. The van der Waals surface area contributed by atoms with Crippen molar-refractivity contribution in [3.63, 3.8) is 0 Å². The normalized spacial score (nSPS) is 21.7. The van der Waals surface area contributed by atoms with E-state index < -0.39 is 0 Å². The van der Waals surface area contributed by atoms with Gasteiger partial charge in [0.25, 0.3) is 0 Å². The van der Waals surface area contributed by atoms with Crippen LogP contribution in [-0.2, 0) is 14.4 Å². The van der Waals surface area contributed by atoms with Crippen LogP contribution in [0, 0.1) is 11.8 Å². The van der Waals surface area contributed by atoms with Gasteiger partial charge in [0.1, 0.15) is 6.54 Å². The van der Waals surface area contributed by atoms with Gasteiger partial charge in [-0.2, -0.15) is 0 Å². The van der Waals surface area contributed by atoms with Crippen LogP contribution in [0.25, 0.3) is 0 Å². The Morgan fingerprint density at radius 2 is 1.73 bits per heavy atom. The third kappa shape index (κ3) is 3.95. The first-order chi connectivity index (χ1) is 12.6. The largest absolute Gasteiger partial charge is 0.375 e. The molecule has 1 N–H and O–H groups in total. The van der Waals surface area contributed by atoms with Crippen LogP contribution in [-0.4, -0.2) is 49.3 Å². The lowest BCUT2D eigenvalue weighted by Gasteiger charge is -2.19. The highest BCUT2D eigenvalue weighted by Crippen LogP contribution is 2.34. The number of carbonyl (C=O) groups excluding carboxylic acids is 3. The van der Waals surface area contributed by atoms with Crippen molar-refractivity contribution >= 4 is 23.4 Å². The lowest BCUT2D eigenvalue weighted by Crippen LogP contribution is -2.41. The lowest BCUT2D eigenvalue weighted by atomic mass is 9.85.